The lowest BCUT2D eigenvalue weighted by Crippen LogP contribution is -2.07. The fourth-order valence-corrected chi connectivity index (χ4v) is 0.463. The summed E-state index contributed by atoms with van der Waals surface area (Å²) in [7, 11) is 3.26. The van der Waals surface area contributed by atoms with Crippen LogP contribution < -0.4 is 0 Å². The van der Waals surface area contributed by atoms with E-state index in [4.69, 9.17) is 9.47 Å². The Morgan fingerprint density at radius 2 is 2.14 bits per heavy atom. The van der Waals surface area contributed by atoms with Crippen LogP contribution in [0.5, 0.6) is 0 Å². The third-order valence-electron chi connectivity index (χ3n) is 0.553. The first-order chi connectivity index (χ1) is 3.31. The first-order valence-electron chi connectivity index (χ1n) is 1.97. The Hall–Kier alpha value is 0.400. The van der Waals surface area contributed by atoms with Crippen LogP contribution in [-0.4, -0.2) is 25.8 Å². The van der Waals surface area contributed by atoms with E-state index in [0.717, 1.165) is 0 Å². The Morgan fingerprint density at radius 1 is 1.57 bits per heavy atom. The molecule has 0 rings (SSSR count). The molecule has 0 aliphatic heterocycles. The van der Waals surface area contributed by atoms with Gasteiger partial charge in [0, 0.05) is 14.2 Å². The van der Waals surface area contributed by atoms with Crippen LogP contribution in [0.2, 0.25) is 0 Å². The Bertz CT molecular complexity index is 40.7. The number of ether oxygens (including phenoxy) is 2. The highest BCUT2D eigenvalue weighted by Gasteiger charge is 1.95. The minimum absolute atomic E-state index is 0.0394. The SMILES string of the molecule is COCC(Br)OC. The average molecular weight is 169 g/mol. The van der Waals surface area contributed by atoms with Gasteiger partial charge in [0.1, 0.15) is 5.01 Å². The molecular weight excluding hydrogens is 160 g/mol. The molecule has 0 saturated carbocycles. The third kappa shape index (κ3) is 4.25. The molecule has 2 nitrogen and oxygen atoms in total. The van der Waals surface area contributed by atoms with E-state index in [9.17, 15) is 0 Å². The molecule has 0 spiro atoms. The predicted octanol–water partition coefficient (Wildman–Crippen LogP) is 1.00. The van der Waals surface area contributed by atoms with Crippen LogP contribution in [0.25, 0.3) is 0 Å². The monoisotopic (exact) mass is 168 g/mol. The van der Waals surface area contributed by atoms with Crippen molar-refractivity contribution in [1.29, 1.82) is 0 Å². The van der Waals surface area contributed by atoms with E-state index in [2.05, 4.69) is 15.9 Å². The molecule has 7 heavy (non-hydrogen) atoms. The summed E-state index contributed by atoms with van der Waals surface area (Å²) in [5.41, 5.74) is 0. The van der Waals surface area contributed by atoms with Crippen molar-refractivity contribution < 1.29 is 9.47 Å². The number of methoxy groups -OCH3 is 2. The van der Waals surface area contributed by atoms with Crippen molar-refractivity contribution in [3.8, 4) is 0 Å². The van der Waals surface area contributed by atoms with Gasteiger partial charge in [-0.3, -0.25) is 0 Å². The first-order valence-corrected chi connectivity index (χ1v) is 2.88. The van der Waals surface area contributed by atoms with E-state index in [-0.39, 0.29) is 5.01 Å². The van der Waals surface area contributed by atoms with E-state index in [0.29, 0.717) is 6.61 Å². The van der Waals surface area contributed by atoms with Gasteiger partial charge in [-0.2, -0.15) is 0 Å². The molecule has 3 heteroatoms. The Kier molecular flexibility index (Phi) is 4.82. The lowest BCUT2D eigenvalue weighted by atomic mass is 10.8. The fourth-order valence-electron chi connectivity index (χ4n) is 0.199. The zero-order valence-electron chi connectivity index (χ0n) is 4.48. The van der Waals surface area contributed by atoms with Gasteiger partial charge in [0.05, 0.1) is 6.61 Å². The number of hydrogen-bond donors (Lipinski definition) is 0. The van der Waals surface area contributed by atoms with Crippen LogP contribution >= 0.6 is 15.9 Å². The Labute approximate surface area is 51.9 Å². The van der Waals surface area contributed by atoms with Crippen LogP contribution in [0.1, 0.15) is 0 Å². The van der Waals surface area contributed by atoms with Gasteiger partial charge >= 0.3 is 0 Å². The average Bonchev–Trinajstić information content (AvgIpc) is 1.68. The summed E-state index contributed by atoms with van der Waals surface area (Å²) in [6.45, 7) is 0.594. The molecule has 0 aliphatic carbocycles. The van der Waals surface area contributed by atoms with Crippen LogP contribution in [-0.2, 0) is 9.47 Å². The second kappa shape index (κ2) is 4.56. The molecule has 44 valence electrons. The molecule has 0 aromatic carbocycles. The summed E-state index contributed by atoms with van der Waals surface area (Å²) in [5, 5.41) is 0.0394. The van der Waals surface area contributed by atoms with Gasteiger partial charge in [-0.05, 0) is 0 Å². The molecule has 0 aromatic rings. The summed E-state index contributed by atoms with van der Waals surface area (Å²) >= 11 is 3.19. The lowest BCUT2D eigenvalue weighted by Gasteiger charge is -2.03. The van der Waals surface area contributed by atoms with Crippen LogP contribution in [0.3, 0.4) is 0 Å². The molecular formula is C4H9BrO2. The van der Waals surface area contributed by atoms with E-state index >= 15 is 0 Å². The minimum atomic E-state index is 0.0394. The van der Waals surface area contributed by atoms with Crippen molar-refractivity contribution >= 4 is 15.9 Å². The van der Waals surface area contributed by atoms with Gasteiger partial charge in [0.2, 0.25) is 0 Å². The quantitative estimate of drug-likeness (QED) is 0.586. The maximum Gasteiger partial charge on any atom is 0.135 e. The summed E-state index contributed by atoms with van der Waals surface area (Å²) < 4.78 is 9.50. The van der Waals surface area contributed by atoms with Crippen molar-refractivity contribution in [2.24, 2.45) is 0 Å². The molecule has 0 amide bonds. The highest BCUT2D eigenvalue weighted by atomic mass is 79.9. The van der Waals surface area contributed by atoms with Gasteiger partial charge in [-0.15, -0.1) is 0 Å². The minimum Gasteiger partial charge on any atom is -0.381 e. The zero-order valence-corrected chi connectivity index (χ0v) is 6.06. The molecule has 0 fully saturated rings. The van der Waals surface area contributed by atoms with E-state index in [1.807, 2.05) is 0 Å². The number of halogens is 1. The Balaban J connectivity index is 2.83. The largest absolute Gasteiger partial charge is 0.381 e. The number of alkyl halides is 1. The maximum absolute atomic E-state index is 4.78. The van der Waals surface area contributed by atoms with Crippen molar-refractivity contribution in [1.82, 2.24) is 0 Å². The van der Waals surface area contributed by atoms with Crippen LogP contribution in [0, 0.1) is 0 Å². The smallest absolute Gasteiger partial charge is 0.135 e. The van der Waals surface area contributed by atoms with Gasteiger partial charge in [0.25, 0.3) is 0 Å². The van der Waals surface area contributed by atoms with Gasteiger partial charge in [-0.1, -0.05) is 15.9 Å². The summed E-state index contributed by atoms with van der Waals surface area (Å²) in [5.74, 6) is 0. The maximum atomic E-state index is 4.78. The molecule has 0 N–H and O–H groups in total. The topological polar surface area (TPSA) is 18.5 Å². The lowest BCUT2D eigenvalue weighted by molar-refractivity contribution is 0.0852. The third-order valence-corrected chi connectivity index (χ3v) is 1.19. The zero-order chi connectivity index (χ0) is 5.70. The molecule has 0 aliphatic rings. The highest BCUT2D eigenvalue weighted by Crippen LogP contribution is 1.97. The van der Waals surface area contributed by atoms with E-state index in [1.165, 1.54) is 0 Å². The van der Waals surface area contributed by atoms with Gasteiger partial charge < -0.3 is 9.47 Å². The van der Waals surface area contributed by atoms with Gasteiger partial charge in [-0.25, -0.2) is 0 Å². The van der Waals surface area contributed by atoms with Crippen molar-refractivity contribution in [2.75, 3.05) is 20.8 Å². The number of rotatable bonds is 3. The van der Waals surface area contributed by atoms with Crippen molar-refractivity contribution in [3.63, 3.8) is 0 Å². The second-order valence-electron chi connectivity index (χ2n) is 1.10. The standard InChI is InChI=1S/C4H9BrO2/c1-6-3-4(5)7-2/h4H,3H2,1-2H3. The number of hydrogen-bond acceptors (Lipinski definition) is 2. The molecule has 0 radical (unpaired) electrons. The van der Waals surface area contributed by atoms with E-state index in [1.54, 1.807) is 14.2 Å². The normalized spacial score (nSPS) is 14.1. The van der Waals surface area contributed by atoms with Crippen LogP contribution in [0.15, 0.2) is 0 Å². The molecule has 1 atom stereocenters. The molecule has 0 aromatic heterocycles. The molecule has 0 heterocycles. The van der Waals surface area contributed by atoms with Crippen molar-refractivity contribution in [3.05, 3.63) is 0 Å². The highest BCUT2D eigenvalue weighted by molar-refractivity contribution is 9.09. The summed E-state index contributed by atoms with van der Waals surface area (Å²) in [6.07, 6.45) is 0. The Morgan fingerprint density at radius 3 is 2.29 bits per heavy atom. The van der Waals surface area contributed by atoms with E-state index < -0.39 is 0 Å². The second-order valence-corrected chi connectivity index (χ2v) is 2.12. The summed E-state index contributed by atoms with van der Waals surface area (Å²) in [6, 6.07) is 0. The van der Waals surface area contributed by atoms with Crippen LogP contribution in [0.4, 0.5) is 0 Å². The molecule has 1 unspecified atom stereocenters. The molecule has 0 bridgehead atoms. The fraction of sp³-hybridized carbons (Fsp3) is 1.00. The van der Waals surface area contributed by atoms with Crippen molar-refractivity contribution in [2.45, 2.75) is 5.01 Å². The first kappa shape index (κ1) is 7.40. The molecule has 0 saturated heterocycles. The van der Waals surface area contributed by atoms with Gasteiger partial charge in [0.15, 0.2) is 0 Å². The predicted molar refractivity (Wildman–Crippen MR) is 31.6 cm³/mol. The summed E-state index contributed by atoms with van der Waals surface area (Å²) in [4.78, 5) is 0.